The zero-order valence-corrected chi connectivity index (χ0v) is 16.2. The van der Waals surface area contributed by atoms with Gasteiger partial charge in [0.05, 0.1) is 17.8 Å². The first kappa shape index (κ1) is 18.6. The fourth-order valence-electron chi connectivity index (χ4n) is 3.83. The molecule has 0 spiro atoms. The first-order valence-electron chi connectivity index (χ1n) is 9.03. The molecule has 1 aliphatic heterocycles. The molecule has 1 aromatic carbocycles. The average Bonchev–Trinajstić information content (AvgIpc) is 3.01. The van der Waals surface area contributed by atoms with Crippen molar-refractivity contribution in [3.63, 3.8) is 0 Å². The van der Waals surface area contributed by atoms with Gasteiger partial charge in [0.25, 0.3) is 0 Å². The molecule has 2 N–H and O–H groups in total. The molecule has 6 heteroatoms. The van der Waals surface area contributed by atoms with Crippen molar-refractivity contribution in [1.29, 1.82) is 0 Å². The van der Waals surface area contributed by atoms with Crippen molar-refractivity contribution >= 4 is 5.91 Å². The van der Waals surface area contributed by atoms with Gasteiger partial charge < -0.3 is 15.3 Å². The Labute approximate surface area is 154 Å². The van der Waals surface area contributed by atoms with Crippen LogP contribution < -0.4 is 5.32 Å². The smallest absolute Gasteiger partial charge is 0.224 e. The lowest BCUT2D eigenvalue weighted by molar-refractivity contribution is -0.127. The van der Waals surface area contributed by atoms with Gasteiger partial charge in [-0.2, -0.15) is 5.10 Å². The van der Waals surface area contributed by atoms with E-state index in [4.69, 9.17) is 0 Å². The summed E-state index contributed by atoms with van der Waals surface area (Å²) < 4.78 is 1.86. The molecule has 0 saturated carbocycles. The van der Waals surface area contributed by atoms with Crippen LogP contribution in [-0.4, -0.2) is 45.3 Å². The van der Waals surface area contributed by atoms with Crippen molar-refractivity contribution in [2.75, 3.05) is 13.6 Å². The highest BCUT2D eigenvalue weighted by atomic mass is 16.3. The maximum absolute atomic E-state index is 12.3. The lowest BCUT2D eigenvalue weighted by Crippen LogP contribution is -2.37. The number of carbonyl (C=O) groups is 1. The largest absolute Gasteiger partial charge is 0.387 e. The van der Waals surface area contributed by atoms with Gasteiger partial charge in [0.15, 0.2) is 0 Å². The standard InChI is InChI=1S/C20H28N4O2/c1-12-6-8-15(9-7-12)17(25)11-21-16-10-18(26)23(4)20(16)19-13(2)22-24(5)14(19)3/h6-9,16-17,20-21,25H,10-11H2,1-5H3/t16-,17?,20-/m1/s1. The predicted molar refractivity (Wildman–Crippen MR) is 101 cm³/mol. The third-order valence-electron chi connectivity index (χ3n) is 5.48. The third-order valence-corrected chi connectivity index (χ3v) is 5.48. The van der Waals surface area contributed by atoms with E-state index in [0.717, 1.165) is 22.5 Å². The summed E-state index contributed by atoms with van der Waals surface area (Å²) in [6, 6.07) is 7.77. The van der Waals surface area contributed by atoms with Gasteiger partial charge in [-0.3, -0.25) is 9.48 Å². The highest BCUT2D eigenvalue weighted by molar-refractivity contribution is 5.80. The number of likely N-dealkylation sites (tertiary alicyclic amines) is 1. The fraction of sp³-hybridized carbons (Fsp3) is 0.500. The minimum atomic E-state index is -0.603. The number of benzene rings is 1. The molecule has 2 heterocycles. The van der Waals surface area contributed by atoms with Gasteiger partial charge >= 0.3 is 0 Å². The number of nitrogens with one attached hydrogen (secondary N) is 1. The molecule has 0 bridgehead atoms. The van der Waals surface area contributed by atoms with Crippen molar-refractivity contribution < 1.29 is 9.90 Å². The Kier molecular flexibility index (Phi) is 5.16. The maximum atomic E-state index is 12.3. The molecule has 2 aromatic rings. The zero-order valence-electron chi connectivity index (χ0n) is 16.2. The van der Waals surface area contributed by atoms with Gasteiger partial charge in [0.1, 0.15) is 0 Å². The third kappa shape index (κ3) is 3.39. The van der Waals surface area contributed by atoms with Gasteiger partial charge in [0, 0.05) is 44.4 Å². The van der Waals surface area contributed by atoms with Crippen LogP contribution in [0, 0.1) is 20.8 Å². The van der Waals surface area contributed by atoms with Crippen LogP contribution in [0.2, 0.25) is 0 Å². The highest BCUT2D eigenvalue weighted by Gasteiger charge is 2.41. The second kappa shape index (κ2) is 7.21. The number of aliphatic hydroxyl groups excluding tert-OH is 1. The van der Waals surface area contributed by atoms with Gasteiger partial charge in [-0.25, -0.2) is 0 Å². The summed E-state index contributed by atoms with van der Waals surface area (Å²) in [7, 11) is 3.77. The van der Waals surface area contributed by atoms with Crippen LogP contribution in [-0.2, 0) is 11.8 Å². The molecule has 1 aliphatic rings. The molecular formula is C20H28N4O2. The summed E-state index contributed by atoms with van der Waals surface area (Å²) >= 11 is 0. The number of aliphatic hydroxyl groups is 1. The molecule has 6 nitrogen and oxygen atoms in total. The van der Waals surface area contributed by atoms with Crippen LogP contribution in [0.5, 0.6) is 0 Å². The quantitative estimate of drug-likeness (QED) is 0.859. The molecule has 0 aliphatic carbocycles. The van der Waals surface area contributed by atoms with E-state index in [1.807, 2.05) is 63.8 Å². The van der Waals surface area contributed by atoms with E-state index in [1.54, 1.807) is 4.90 Å². The number of hydrogen-bond acceptors (Lipinski definition) is 4. The van der Waals surface area contributed by atoms with Gasteiger partial charge in [-0.05, 0) is 26.3 Å². The Hall–Kier alpha value is -2.18. The number of aryl methyl sites for hydroxylation is 3. The first-order valence-corrected chi connectivity index (χ1v) is 9.03. The number of aromatic nitrogens is 2. The summed E-state index contributed by atoms with van der Waals surface area (Å²) in [5.41, 5.74) is 5.16. The molecule has 1 aromatic heterocycles. The van der Waals surface area contributed by atoms with Crippen molar-refractivity contribution in [2.24, 2.45) is 7.05 Å². The second-order valence-corrected chi connectivity index (χ2v) is 7.30. The number of rotatable bonds is 5. The summed E-state index contributed by atoms with van der Waals surface area (Å²) in [5.74, 6) is 0.111. The molecule has 1 amide bonds. The zero-order chi connectivity index (χ0) is 19.0. The Morgan fingerprint density at radius 1 is 1.23 bits per heavy atom. The minimum absolute atomic E-state index is 0.0470. The van der Waals surface area contributed by atoms with Gasteiger partial charge in [0.2, 0.25) is 5.91 Å². The monoisotopic (exact) mass is 356 g/mol. The number of nitrogens with zero attached hydrogens (tertiary/aromatic N) is 3. The molecular weight excluding hydrogens is 328 g/mol. The van der Waals surface area contributed by atoms with Gasteiger partial charge in [-0.1, -0.05) is 29.8 Å². The van der Waals surface area contributed by atoms with E-state index < -0.39 is 6.10 Å². The van der Waals surface area contributed by atoms with Gasteiger partial charge in [-0.15, -0.1) is 0 Å². The van der Waals surface area contributed by atoms with Crippen molar-refractivity contribution in [2.45, 2.75) is 45.4 Å². The average molecular weight is 356 g/mol. The lowest BCUT2D eigenvalue weighted by atomic mass is 9.97. The SMILES string of the molecule is Cc1ccc(C(O)CN[C@@H]2CC(=O)N(C)[C@H]2c2c(C)nn(C)c2C)cc1. The number of amides is 1. The molecule has 1 fully saturated rings. The van der Waals surface area contributed by atoms with E-state index in [-0.39, 0.29) is 18.0 Å². The van der Waals surface area contributed by atoms with Crippen LogP contribution in [0.1, 0.15) is 46.6 Å². The number of hydrogen-bond donors (Lipinski definition) is 2. The van der Waals surface area contributed by atoms with Crippen LogP contribution in [0.15, 0.2) is 24.3 Å². The topological polar surface area (TPSA) is 70.4 Å². The van der Waals surface area contributed by atoms with E-state index in [9.17, 15) is 9.90 Å². The molecule has 140 valence electrons. The van der Waals surface area contributed by atoms with Crippen LogP contribution >= 0.6 is 0 Å². The van der Waals surface area contributed by atoms with Crippen LogP contribution in [0.25, 0.3) is 0 Å². The summed E-state index contributed by atoms with van der Waals surface area (Å²) in [6.07, 6.45) is -0.177. The van der Waals surface area contributed by atoms with Crippen LogP contribution in [0.3, 0.4) is 0 Å². The predicted octanol–water partition coefficient (Wildman–Crippen LogP) is 1.94. The molecule has 1 saturated heterocycles. The highest BCUT2D eigenvalue weighted by Crippen LogP contribution is 2.35. The molecule has 3 rings (SSSR count). The molecule has 0 radical (unpaired) electrons. The molecule has 3 atom stereocenters. The molecule has 1 unspecified atom stereocenters. The van der Waals surface area contributed by atoms with Crippen molar-refractivity contribution in [1.82, 2.24) is 20.0 Å². The fourth-order valence-corrected chi connectivity index (χ4v) is 3.83. The Morgan fingerprint density at radius 3 is 2.46 bits per heavy atom. The first-order chi connectivity index (χ1) is 12.3. The van der Waals surface area contributed by atoms with Crippen molar-refractivity contribution in [3.05, 3.63) is 52.3 Å². The summed E-state index contributed by atoms with van der Waals surface area (Å²) in [5, 5.41) is 18.4. The van der Waals surface area contributed by atoms with E-state index in [0.29, 0.717) is 13.0 Å². The Morgan fingerprint density at radius 2 is 1.88 bits per heavy atom. The molecule has 26 heavy (non-hydrogen) atoms. The lowest BCUT2D eigenvalue weighted by Gasteiger charge is -2.27. The van der Waals surface area contributed by atoms with E-state index in [1.165, 1.54) is 5.56 Å². The van der Waals surface area contributed by atoms with Crippen LogP contribution in [0.4, 0.5) is 0 Å². The van der Waals surface area contributed by atoms with Crippen molar-refractivity contribution in [3.8, 4) is 0 Å². The normalized spacial score (nSPS) is 21.5. The second-order valence-electron chi connectivity index (χ2n) is 7.30. The Balaban J connectivity index is 1.77. The number of carbonyl (C=O) groups excluding carboxylic acids is 1. The Bertz CT molecular complexity index is 797. The summed E-state index contributed by atoms with van der Waals surface area (Å²) in [4.78, 5) is 14.1. The maximum Gasteiger partial charge on any atom is 0.224 e. The van der Waals surface area contributed by atoms with E-state index >= 15 is 0 Å². The summed E-state index contributed by atoms with van der Waals surface area (Å²) in [6.45, 7) is 6.45. The van der Waals surface area contributed by atoms with E-state index in [2.05, 4.69) is 10.4 Å². The number of likely N-dealkylation sites (N-methyl/N-ethyl adjacent to an activating group) is 1. The minimum Gasteiger partial charge on any atom is -0.387 e.